The van der Waals surface area contributed by atoms with E-state index in [1.54, 1.807) is 54.6 Å². The quantitative estimate of drug-likeness (QED) is 0.139. The smallest absolute Gasteiger partial charge is 0.409 e. The van der Waals surface area contributed by atoms with Gasteiger partial charge in [-0.3, -0.25) is 0 Å². The van der Waals surface area contributed by atoms with Crippen LogP contribution in [-0.2, 0) is 0 Å². The molecular weight excluding hydrogens is 771 g/mol. The molecule has 0 saturated carbocycles. The van der Waals surface area contributed by atoms with E-state index in [-0.39, 0.29) is 11.5 Å². The average Bonchev–Trinajstić information content (AvgIpc) is 3.23. The van der Waals surface area contributed by atoms with Crippen molar-refractivity contribution in [2.24, 2.45) is 0 Å². The number of carbonyl (C=O) groups is 2. The number of ether oxygens (including phenoxy) is 2. The first kappa shape index (κ1) is 39.0. The molecule has 0 atom stereocenters. The highest BCUT2D eigenvalue weighted by Crippen LogP contribution is 2.39. The summed E-state index contributed by atoms with van der Waals surface area (Å²) in [7, 11) is 0. The summed E-state index contributed by atoms with van der Waals surface area (Å²) in [6.45, 7) is 0. The Morgan fingerprint density at radius 2 is 0.828 bits per heavy atom. The second-order valence-corrected chi connectivity index (χ2v) is 13.4. The standard InChI is InChI=1S/C38H26Cl2N2O4.C10H8O2/c39-37(43)45-35-15-7-13-33(25-35)41(29-9-3-1-4-10-29)31-21-17-27(18-22-31)28-19-23-32(24-20-28)42(30-11-5-2-6-12-30)34-14-8-16-36(26-34)46-38(40)44;11-8-4-5-9-7(6-8)2-1-3-10(9)12/h1-26H;1-6,11-12H. The topological polar surface area (TPSA) is 99.5 Å². The molecule has 8 rings (SSSR count). The number of hydrogen-bond acceptors (Lipinski definition) is 8. The minimum atomic E-state index is -0.893. The minimum Gasteiger partial charge on any atom is -0.508 e. The number of aromatic hydroxyl groups is 2. The van der Waals surface area contributed by atoms with Gasteiger partial charge in [-0.15, -0.1) is 0 Å². The van der Waals surface area contributed by atoms with E-state index >= 15 is 0 Å². The third-order valence-corrected chi connectivity index (χ3v) is 9.16. The predicted molar refractivity (Wildman–Crippen MR) is 232 cm³/mol. The van der Waals surface area contributed by atoms with Crippen LogP contribution in [0, 0.1) is 0 Å². The zero-order chi connectivity index (χ0) is 40.4. The minimum absolute atomic E-state index is 0.216. The molecule has 8 nitrogen and oxygen atoms in total. The van der Waals surface area contributed by atoms with Gasteiger partial charge in [-0.25, -0.2) is 9.59 Å². The van der Waals surface area contributed by atoms with Gasteiger partial charge in [0, 0.05) is 74.8 Å². The van der Waals surface area contributed by atoms with Crippen molar-refractivity contribution >= 4 is 79.0 Å². The number of fused-ring (bicyclic) bond motifs is 1. The summed E-state index contributed by atoms with van der Waals surface area (Å²) in [4.78, 5) is 26.9. The van der Waals surface area contributed by atoms with E-state index in [9.17, 15) is 14.7 Å². The molecule has 0 aliphatic carbocycles. The van der Waals surface area contributed by atoms with Crippen LogP contribution in [-0.4, -0.2) is 21.1 Å². The van der Waals surface area contributed by atoms with E-state index < -0.39 is 10.9 Å². The lowest BCUT2D eigenvalue weighted by Gasteiger charge is -2.26. The third-order valence-electron chi connectivity index (χ3n) is 9.00. The summed E-state index contributed by atoms with van der Waals surface area (Å²) in [5.41, 5.74) is 5.65. The van der Waals surface area contributed by atoms with Crippen molar-refractivity contribution in [1.82, 2.24) is 0 Å². The maximum Gasteiger partial charge on any atom is 0.409 e. The fourth-order valence-corrected chi connectivity index (χ4v) is 6.64. The van der Waals surface area contributed by atoms with Crippen LogP contribution >= 0.6 is 23.2 Å². The van der Waals surface area contributed by atoms with Crippen molar-refractivity contribution in [2.75, 3.05) is 9.80 Å². The SMILES string of the molecule is O=C(Cl)Oc1cccc(N(c2ccccc2)c2ccc(-c3ccc(N(c4ccccc4)c4cccc(OC(=O)Cl)c4)cc3)cc2)c1.Oc1ccc2c(O)cccc2c1. The van der Waals surface area contributed by atoms with Gasteiger partial charge in [0.2, 0.25) is 0 Å². The molecule has 0 bridgehead atoms. The lowest BCUT2D eigenvalue weighted by Crippen LogP contribution is -2.10. The van der Waals surface area contributed by atoms with Gasteiger partial charge in [0.1, 0.15) is 23.0 Å². The van der Waals surface area contributed by atoms with Crippen LogP contribution < -0.4 is 19.3 Å². The molecule has 0 spiro atoms. The second kappa shape index (κ2) is 18.1. The summed E-state index contributed by atoms with van der Waals surface area (Å²) in [5, 5.41) is 20.1. The Bertz CT molecular complexity index is 2520. The Kier molecular flexibility index (Phi) is 12.2. The first-order valence-corrected chi connectivity index (χ1v) is 18.7. The van der Waals surface area contributed by atoms with Crippen molar-refractivity contribution in [2.45, 2.75) is 0 Å². The zero-order valence-electron chi connectivity index (χ0n) is 30.7. The lowest BCUT2D eigenvalue weighted by atomic mass is 10.0. The van der Waals surface area contributed by atoms with Gasteiger partial charge in [-0.05, 0) is 114 Å². The molecular formula is C48H34Cl2N2O6. The molecule has 8 aromatic rings. The second-order valence-electron chi connectivity index (χ2n) is 12.8. The molecule has 0 aromatic heterocycles. The molecule has 58 heavy (non-hydrogen) atoms. The van der Waals surface area contributed by atoms with Crippen molar-refractivity contribution in [3.63, 3.8) is 0 Å². The monoisotopic (exact) mass is 804 g/mol. The molecule has 2 N–H and O–H groups in total. The summed E-state index contributed by atoms with van der Waals surface area (Å²) < 4.78 is 10.3. The van der Waals surface area contributed by atoms with Gasteiger partial charge in [-0.1, -0.05) is 84.9 Å². The Labute approximate surface area is 344 Å². The largest absolute Gasteiger partial charge is 0.508 e. The highest BCUT2D eigenvalue weighted by molar-refractivity contribution is 6.61. The Hall–Kier alpha value is -7.26. The lowest BCUT2D eigenvalue weighted by molar-refractivity contribution is 0.224. The fourth-order valence-electron chi connectivity index (χ4n) is 6.47. The van der Waals surface area contributed by atoms with E-state index in [4.69, 9.17) is 37.8 Å². The zero-order valence-corrected chi connectivity index (χ0v) is 32.2. The molecule has 0 aliphatic heterocycles. The summed E-state index contributed by atoms with van der Waals surface area (Å²) in [6.07, 6.45) is 0. The molecule has 0 heterocycles. The molecule has 0 aliphatic rings. The highest BCUT2D eigenvalue weighted by Gasteiger charge is 2.16. The van der Waals surface area contributed by atoms with E-state index in [0.717, 1.165) is 56.0 Å². The molecule has 286 valence electrons. The number of phenolic OH excluding ortho intramolecular Hbond substituents is 2. The van der Waals surface area contributed by atoms with Crippen molar-refractivity contribution in [3.05, 3.63) is 194 Å². The molecule has 0 saturated heterocycles. The Morgan fingerprint density at radius 1 is 0.414 bits per heavy atom. The van der Waals surface area contributed by atoms with E-state index in [1.165, 1.54) is 0 Å². The van der Waals surface area contributed by atoms with Gasteiger partial charge < -0.3 is 29.5 Å². The number of anilines is 6. The summed E-state index contributed by atoms with van der Waals surface area (Å²) in [6, 6.07) is 60.9. The van der Waals surface area contributed by atoms with Gasteiger partial charge in [-0.2, -0.15) is 0 Å². The van der Waals surface area contributed by atoms with Crippen LogP contribution in [0.25, 0.3) is 21.9 Å². The normalized spacial score (nSPS) is 10.5. The molecule has 10 heteroatoms. The van der Waals surface area contributed by atoms with Gasteiger partial charge in [0.05, 0.1) is 0 Å². The van der Waals surface area contributed by atoms with Gasteiger partial charge in [0.15, 0.2) is 0 Å². The van der Waals surface area contributed by atoms with Crippen molar-refractivity contribution in [1.29, 1.82) is 0 Å². The molecule has 0 fully saturated rings. The van der Waals surface area contributed by atoms with E-state index in [2.05, 4.69) is 58.3 Å². The highest BCUT2D eigenvalue weighted by atomic mass is 35.5. The number of rotatable bonds is 9. The van der Waals surface area contributed by atoms with Crippen LogP contribution in [0.3, 0.4) is 0 Å². The maximum atomic E-state index is 11.4. The van der Waals surface area contributed by atoms with E-state index in [1.807, 2.05) is 91.0 Å². The third kappa shape index (κ3) is 9.57. The first-order valence-electron chi connectivity index (χ1n) is 18.0. The van der Waals surface area contributed by atoms with Crippen LogP contribution in [0.2, 0.25) is 0 Å². The number of benzene rings is 8. The van der Waals surface area contributed by atoms with Gasteiger partial charge in [0.25, 0.3) is 0 Å². The predicted octanol–water partition coefficient (Wildman–Crippen LogP) is 14.0. The van der Waals surface area contributed by atoms with Crippen LogP contribution in [0.1, 0.15) is 0 Å². The van der Waals surface area contributed by atoms with Crippen molar-refractivity contribution in [3.8, 4) is 34.1 Å². The fraction of sp³-hybridized carbons (Fsp3) is 0. The maximum absolute atomic E-state index is 11.4. The number of phenols is 2. The molecule has 8 aromatic carbocycles. The summed E-state index contributed by atoms with van der Waals surface area (Å²) >= 11 is 10.9. The van der Waals surface area contributed by atoms with Crippen LogP contribution in [0.15, 0.2) is 194 Å². The molecule has 0 radical (unpaired) electrons. The number of nitrogens with zero attached hydrogens (tertiary/aromatic N) is 2. The number of para-hydroxylation sites is 2. The molecule has 0 unspecified atom stereocenters. The van der Waals surface area contributed by atoms with E-state index in [0.29, 0.717) is 11.5 Å². The Morgan fingerprint density at radius 3 is 1.28 bits per heavy atom. The number of hydrogen-bond donors (Lipinski definition) is 2. The average molecular weight is 806 g/mol. The molecule has 0 amide bonds. The first-order chi connectivity index (χ1) is 28.2. The van der Waals surface area contributed by atoms with Crippen LogP contribution in [0.4, 0.5) is 43.7 Å². The number of carbonyl (C=O) groups excluding carboxylic acids is 2. The Balaban J connectivity index is 0.000000363. The van der Waals surface area contributed by atoms with Crippen molar-refractivity contribution < 1.29 is 29.3 Å². The van der Waals surface area contributed by atoms with Crippen LogP contribution in [0.5, 0.6) is 23.0 Å². The number of halogens is 2. The van der Waals surface area contributed by atoms with Gasteiger partial charge >= 0.3 is 10.9 Å². The summed E-state index contributed by atoms with van der Waals surface area (Å²) in [5.74, 6) is 1.17.